The van der Waals surface area contributed by atoms with Crippen LogP contribution in [0, 0.1) is 10.1 Å². The van der Waals surface area contributed by atoms with Gasteiger partial charge in [-0.25, -0.2) is 22.2 Å². The molecule has 12 nitrogen and oxygen atoms in total. The minimum atomic E-state index is -4.04. The third kappa shape index (κ3) is 3.97. The summed E-state index contributed by atoms with van der Waals surface area (Å²) in [7, 11) is -2.86. The van der Waals surface area contributed by atoms with Gasteiger partial charge in [0.2, 0.25) is 0 Å². The van der Waals surface area contributed by atoms with Gasteiger partial charge in [0.25, 0.3) is 10.0 Å². The van der Waals surface area contributed by atoms with Crippen LogP contribution in [0.1, 0.15) is 12.8 Å². The molecule has 0 amide bonds. The lowest BCUT2D eigenvalue weighted by Gasteiger charge is -2.38. The van der Waals surface area contributed by atoms with Gasteiger partial charge < -0.3 is 19.9 Å². The van der Waals surface area contributed by atoms with E-state index in [1.165, 1.54) is 31.5 Å². The van der Waals surface area contributed by atoms with Crippen LogP contribution in [0.25, 0.3) is 11.0 Å². The Morgan fingerprint density at radius 1 is 1.38 bits per heavy atom. The quantitative estimate of drug-likeness (QED) is 0.283. The number of carbonyl (C=O) groups excluding carboxylic acids is 1. The number of aliphatic hydroxyl groups is 1. The number of carbonyl (C=O) groups is 1. The second kappa shape index (κ2) is 9.00. The third-order valence-electron chi connectivity index (χ3n) is 5.76. The van der Waals surface area contributed by atoms with Crippen LogP contribution >= 0.6 is 0 Å². The number of methoxy groups -OCH3 is 1. The van der Waals surface area contributed by atoms with Crippen LogP contribution in [-0.2, 0) is 24.3 Å². The minimum absolute atomic E-state index is 0.0175. The van der Waals surface area contributed by atoms with Crippen molar-refractivity contribution in [3.8, 4) is 0 Å². The molecule has 0 bridgehead atoms. The summed E-state index contributed by atoms with van der Waals surface area (Å²) < 4.78 is 37.8. The SMILES string of the molecule is COC(=O)C1(Nc2c([N+](=O)[O-])cnc3c2ccn3S(=O)(=O)c2ccccc2)CCC(CO)OC1. The second-order valence-corrected chi connectivity index (χ2v) is 9.61. The molecule has 0 spiro atoms. The van der Waals surface area contributed by atoms with Crippen LogP contribution in [0.5, 0.6) is 0 Å². The number of benzene rings is 1. The van der Waals surface area contributed by atoms with Gasteiger partial charge >= 0.3 is 11.7 Å². The number of nitrogens with one attached hydrogen (secondary N) is 1. The molecule has 1 aromatic carbocycles. The Bertz CT molecular complexity index is 1330. The number of rotatable bonds is 7. The van der Waals surface area contributed by atoms with E-state index in [9.17, 15) is 28.4 Å². The minimum Gasteiger partial charge on any atom is -0.467 e. The number of ether oxygens (including phenoxy) is 2. The fourth-order valence-electron chi connectivity index (χ4n) is 3.93. The summed E-state index contributed by atoms with van der Waals surface area (Å²) in [5.74, 6) is -0.709. The van der Waals surface area contributed by atoms with Crippen LogP contribution < -0.4 is 5.32 Å². The normalized spacial score (nSPS) is 20.7. The van der Waals surface area contributed by atoms with Gasteiger partial charge in [0.05, 0.1) is 41.6 Å². The van der Waals surface area contributed by atoms with E-state index < -0.39 is 38.2 Å². The molecule has 2 N–H and O–H groups in total. The second-order valence-electron chi connectivity index (χ2n) is 7.80. The summed E-state index contributed by atoms with van der Waals surface area (Å²) >= 11 is 0. The maximum absolute atomic E-state index is 13.2. The number of nitrogens with zero attached hydrogens (tertiary/aromatic N) is 3. The molecule has 1 fully saturated rings. The lowest BCUT2D eigenvalue weighted by Crippen LogP contribution is -2.55. The smallest absolute Gasteiger partial charge is 0.333 e. The molecular formula is C21H22N4O8S. The maximum atomic E-state index is 13.2. The Morgan fingerprint density at radius 3 is 2.71 bits per heavy atom. The molecule has 34 heavy (non-hydrogen) atoms. The predicted molar refractivity (Wildman–Crippen MR) is 120 cm³/mol. The van der Waals surface area contributed by atoms with E-state index in [1.807, 2.05) is 0 Å². The average Bonchev–Trinajstić information content (AvgIpc) is 3.30. The van der Waals surface area contributed by atoms with Crippen molar-refractivity contribution >= 4 is 38.4 Å². The van der Waals surface area contributed by atoms with Gasteiger partial charge in [-0.3, -0.25) is 10.1 Å². The highest BCUT2D eigenvalue weighted by atomic mass is 32.2. The zero-order valence-corrected chi connectivity index (χ0v) is 18.9. The van der Waals surface area contributed by atoms with Crippen LogP contribution in [0.15, 0.2) is 53.7 Å². The number of aromatic nitrogens is 2. The molecule has 0 saturated carbocycles. The van der Waals surface area contributed by atoms with Crippen molar-refractivity contribution in [3.05, 3.63) is 58.9 Å². The molecule has 2 atom stereocenters. The van der Waals surface area contributed by atoms with Crippen LogP contribution in [0.4, 0.5) is 11.4 Å². The molecule has 1 saturated heterocycles. The van der Waals surface area contributed by atoms with Gasteiger partial charge in [0.1, 0.15) is 11.9 Å². The molecule has 4 rings (SSSR count). The lowest BCUT2D eigenvalue weighted by atomic mass is 9.89. The Hall–Kier alpha value is -3.55. The fourth-order valence-corrected chi connectivity index (χ4v) is 5.26. The fraction of sp³-hybridized carbons (Fsp3) is 0.333. The number of hydrogen-bond donors (Lipinski definition) is 2. The first-order valence-electron chi connectivity index (χ1n) is 10.3. The van der Waals surface area contributed by atoms with Crippen LogP contribution in [0.3, 0.4) is 0 Å². The molecule has 13 heteroatoms. The topological polar surface area (TPSA) is 163 Å². The van der Waals surface area contributed by atoms with Crippen molar-refractivity contribution in [1.29, 1.82) is 0 Å². The van der Waals surface area contributed by atoms with Crippen molar-refractivity contribution in [1.82, 2.24) is 8.96 Å². The first-order chi connectivity index (χ1) is 16.2. The summed E-state index contributed by atoms with van der Waals surface area (Å²) in [5.41, 5.74) is -2.08. The molecule has 2 unspecified atom stereocenters. The summed E-state index contributed by atoms with van der Waals surface area (Å²) in [5, 5.41) is 24.2. The van der Waals surface area contributed by atoms with E-state index in [0.717, 1.165) is 10.2 Å². The van der Waals surface area contributed by atoms with Gasteiger partial charge in [-0.15, -0.1) is 0 Å². The molecule has 2 aromatic heterocycles. The molecule has 0 aliphatic carbocycles. The number of fused-ring (bicyclic) bond motifs is 1. The Balaban J connectivity index is 1.86. The van der Waals surface area contributed by atoms with Crippen molar-refractivity contribution in [3.63, 3.8) is 0 Å². The number of esters is 1. The van der Waals surface area contributed by atoms with Crippen molar-refractivity contribution in [2.75, 3.05) is 25.6 Å². The number of hydrogen-bond acceptors (Lipinski definition) is 10. The molecule has 0 radical (unpaired) electrons. The number of aliphatic hydroxyl groups excluding tert-OH is 1. The van der Waals surface area contributed by atoms with Crippen molar-refractivity contribution < 1.29 is 32.7 Å². The van der Waals surface area contributed by atoms with Gasteiger partial charge in [0, 0.05) is 6.20 Å². The molecule has 180 valence electrons. The summed E-state index contributed by atoms with van der Waals surface area (Å²) in [6.45, 7) is -0.452. The van der Waals surface area contributed by atoms with E-state index in [0.29, 0.717) is 6.42 Å². The molecule has 3 heterocycles. The highest BCUT2D eigenvalue weighted by Gasteiger charge is 2.45. The van der Waals surface area contributed by atoms with Crippen molar-refractivity contribution in [2.45, 2.75) is 29.4 Å². The van der Waals surface area contributed by atoms with Crippen molar-refractivity contribution in [2.24, 2.45) is 0 Å². The largest absolute Gasteiger partial charge is 0.467 e. The van der Waals surface area contributed by atoms with E-state index in [4.69, 9.17) is 9.47 Å². The van der Waals surface area contributed by atoms with Crippen LogP contribution in [0.2, 0.25) is 0 Å². The summed E-state index contributed by atoms with van der Waals surface area (Å²) in [6.07, 6.45) is 2.16. The Kier molecular flexibility index (Phi) is 6.25. The number of nitro groups is 1. The van der Waals surface area contributed by atoms with E-state index in [2.05, 4.69) is 10.3 Å². The number of anilines is 1. The van der Waals surface area contributed by atoms with E-state index in [1.54, 1.807) is 18.2 Å². The average molecular weight is 490 g/mol. The molecule has 1 aliphatic heterocycles. The monoisotopic (exact) mass is 490 g/mol. The summed E-state index contributed by atoms with van der Waals surface area (Å²) in [4.78, 5) is 27.9. The molecule has 1 aliphatic rings. The predicted octanol–water partition coefficient (Wildman–Crippen LogP) is 1.68. The number of pyridine rings is 1. The van der Waals surface area contributed by atoms with E-state index in [-0.39, 0.29) is 41.3 Å². The molecule has 3 aromatic rings. The summed E-state index contributed by atoms with van der Waals surface area (Å²) in [6, 6.07) is 9.06. The highest BCUT2D eigenvalue weighted by molar-refractivity contribution is 7.90. The van der Waals surface area contributed by atoms with Gasteiger partial charge in [-0.1, -0.05) is 18.2 Å². The van der Waals surface area contributed by atoms with Gasteiger partial charge in [0.15, 0.2) is 11.2 Å². The standard InChI is InChI=1S/C21H22N4O8S/c1-32-20(27)21(9-7-14(12-26)33-13-21)23-18-16-8-10-24(19(16)22-11-17(18)25(28)29)34(30,31)15-5-3-2-4-6-15/h2-6,8,10-11,14,26H,7,9,12-13H2,1H3,(H,22,23). The third-order valence-corrected chi connectivity index (χ3v) is 7.44. The Morgan fingerprint density at radius 2 is 2.12 bits per heavy atom. The maximum Gasteiger partial charge on any atom is 0.333 e. The molecular weight excluding hydrogens is 468 g/mol. The zero-order valence-electron chi connectivity index (χ0n) is 18.1. The first kappa shape index (κ1) is 23.6. The van der Waals surface area contributed by atoms with Gasteiger partial charge in [-0.2, -0.15) is 0 Å². The van der Waals surface area contributed by atoms with Crippen LogP contribution in [-0.4, -0.2) is 65.3 Å². The first-order valence-corrected chi connectivity index (χ1v) is 11.7. The zero-order chi connectivity index (χ0) is 24.5. The lowest BCUT2D eigenvalue weighted by molar-refractivity contribution is -0.384. The Labute approximate surface area is 194 Å². The van der Waals surface area contributed by atoms with E-state index >= 15 is 0 Å². The van der Waals surface area contributed by atoms with Gasteiger partial charge in [-0.05, 0) is 31.0 Å². The highest BCUT2D eigenvalue weighted by Crippen LogP contribution is 2.38.